The van der Waals surface area contributed by atoms with E-state index in [0.29, 0.717) is 17.0 Å². The van der Waals surface area contributed by atoms with Gasteiger partial charge in [0, 0.05) is 11.6 Å². The summed E-state index contributed by atoms with van der Waals surface area (Å²) in [7, 11) is 0. The molecule has 2 unspecified atom stereocenters. The summed E-state index contributed by atoms with van der Waals surface area (Å²) < 4.78 is 57.9. The van der Waals surface area contributed by atoms with Gasteiger partial charge in [0.2, 0.25) is 0 Å². The van der Waals surface area contributed by atoms with Crippen molar-refractivity contribution in [2.45, 2.75) is 38.1 Å². The van der Waals surface area contributed by atoms with Gasteiger partial charge in [-0.15, -0.1) is 0 Å². The predicted octanol–water partition coefficient (Wildman–Crippen LogP) is 3.90. The molecule has 0 saturated carbocycles. The molecular formula is C22H16F4N2O4S. The molecule has 11 heteroatoms. The van der Waals surface area contributed by atoms with E-state index in [4.69, 9.17) is 0 Å². The highest BCUT2D eigenvalue weighted by Gasteiger charge is 2.46. The maximum atomic E-state index is 15.4. The third-order valence-electron chi connectivity index (χ3n) is 5.79. The molecule has 172 valence electrons. The van der Waals surface area contributed by atoms with E-state index in [1.54, 1.807) is 0 Å². The van der Waals surface area contributed by atoms with Gasteiger partial charge in [-0.25, -0.2) is 17.6 Å². The molecular weight excluding hydrogens is 464 g/mol. The van der Waals surface area contributed by atoms with Gasteiger partial charge in [0.05, 0.1) is 33.5 Å². The van der Waals surface area contributed by atoms with Crippen LogP contribution < -0.4 is 0 Å². The van der Waals surface area contributed by atoms with E-state index >= 15 is 4.39 Å². The molecule has 6 nitrogen and oxygen atoms in total. The third kappa shape index (κ3) is 3.09. The lowest BCUT2D eigenvalue weighted by Gasteiger charge is -2.28. The van der Waals surface area contributed by atoms with Gasteiger partial charge in [-0.2, -0.15) is 12.6 Å². The zero-order valence-electron chi connectivity index (χ0n) is 17.5. The molecule has 2 aromatic rings. The molecule has 2 aliphatic rings. The van der Waals surface area contributed by atoms with E-state index in [0.717, 1.165) is 11.0 Å². The molecule has 2 heterocycles. The Morgan fingerprint density at radius 3 is 1.91 bits per heavy atom. The minimum Gasteiger partial charge on any atom is -0.272 e. The van der Waals surface area contributed by atoms with Crippen LogP contribution in [0.1, 0.15) is 73.0 Å². The molecule has 0 aromatic heterocycles. The first-order valence-electron chi connectivity index (χ1n) is 9.83. The molecule has 2 aliphatic heterocycles. The van der Waals surface area contributed by atoms with Crippen molar-refractivity contribution in [3.05, 3.63) is 69.3 Å². The number of carbonyl (C=O) groups is 4. The maximum absolute atomic E-state index is 15.4. The van der Waals surface area contributed by atoms with Crippen molar-refractivity contribution < 1.29 is 36.7 Å². The topological polar surface area (TPSA) is 74.8 Å². The number of carbonyl (C=O) groups excluding carboxylic acids is 4. The SMILES string of the molecule is CC(C)N1C(=O)c2c(F)cc(C(S)C(C)N3C(=O)c4ccc(F)c(F)c4C3=O)c(F)c2C1=O. The van der Waals surface area contributed by atoms with E-state index in [2.05, 4.69) is 12.6 Å². The average Bonchev–Trinajstić information content (AvgIpc) is 3.16. The summed E-state index contributed by atoms with van der Waals surface area (Å²) in [5.74, 6) is -9.31. The van der Waals surface area contributed by atoms with Crippen LogP contribution in [0, 0.1) is 23.3 Å². The number of amides is 4. The van der Waals surface area contributed by atoms with Crippen LogP contribution in [-0.4, -0.2) is 45.5 Å². The monoisotopic (exact) mass is 480 g/mol. The van der Waals surface area contributed by atoms with Gasteiger partial charge in [-0.1, -0.05) is 0 Å². The highest BCUT2D eigenvalue weighted by atomic mass is 32.1. The summed E-state index contributed by atoms with van der Waals surface area (Å²) in [6.07, 6.45) is 0. The van der Waals surface area contributed by atoms with Gasteiger partial charge in [0.1, 0.15) is 11.6 Å². The zero-order valence-corrected chi connectivity index (χ0v) is 18.3. The second-order valence-electron chi connectivity index (χ2n) is 8.04. The maximum Gasteiger partial charge on any atom is 0.264 e. The minimum absolute atomic E-state index is 0.375. The van der Waals surface area contributed by atoms with Crippen LogP contribution in [0.5, 0.6) is 0 Å². The molecule has 0 N–H and O–H groups in total. The van der Waals surface area contributed by atoms with Gasteiger partial charge >= 0.3 is 0 Å². The van der Waals surface area contributed by atoms with Crippen molar-refractivity contribution in [1.29, 1.82) is 0 Å². The average molecular weight is 480 g/mol. The van der Waals surface area contributed by atoms with Gasteiger partial charge in [0.15, 0.2) is 11.6 Å². The summed E-state index contributed by atoms with van der Waals surface area (Å²) in [6.45, 7) is 4.30. The fourth-order valence-electron chi connectivity index (χ4n) is 4.12. The zero-order chi connectivity index (χ0) is 24.5. The molecule has 0 spiro atoms. The van der Waals surface area contributed by atoms with Crippen molar-refractivity contribution >= 4 is 36.3 Å². The minimum atomic E-state index is -1.50. The van der Waals surface area contributed by atoms with Crippen molar-refractivity contribution in [2.75, 3.05) is 0 Å². The smallest absolute Gasteiger partial charge is 0.264 e. The second kappa shape index (κ2) is 7.68. The number of imide groups is 2. The molecule has 4 rings (SSSR count). The number of halogens is 4. The van der Waals surface area contributed by atoms with Gasteiger partial charge < -0.3 is 0 Å². The molecule has 0 radical (unpaired) electrons. The Morgan fingerprint density at radius 1 is 0.727 bits per heavy atom. The summed E-state index contributed by atoms with van der Waals surface area (Å²) in [4.78, 5) is 51.8. The van der Waals surface area contributed by atoms with Crippen LogP contribution in [-0.2, 0) is 0 Å². The highest BCUT2D eigenvalue weighted by molar-refractivity contribution is 7.80. The van der Waals surface area contributed by atoms with Gasteiger partial charge in [0.25, 0.3) is 23.6 Å². The number of fused-ring (bicyclic) bond motifs is 2. The van der Waals surface area contributed by atoms with E-state index in [1.165, 1.54) is 20.8 Å². The Hall–Kier alpha value is -3.21. The molecule has 4 amide bonds. The number of nitrogens with zero attached hydrogens (tertiary/aromatic N) is 2. The van der Waals surface area contributed by atoms with Crippen molar-refractivity contribution in [3.8, 4) is 0 Å². The van der Waals surface area contributed by atoms with E-state index < -0.39 is 86.5 Å². The highest BCUT2D eigenvalue weighted by Crippen LogP contribution is 2.39. The van der Waals surface area contributed by atoms with Crippen molar-refractivity contribution in [1.82, 2.24) is 9.80 Å². The van der Waals surface area contributed by atoms with Gasteiger partial charge in [-0.05, 0) is 39.0 Å². The Kier molecular flexibility index (Phi) is 5.35. The van der Waals surface area contributed by atoms with Crippen LogP contribution in [0.3, 0.4) is 0 Å². The first-order chi connectivity index (χ1) is 15.4. The van der Waals surface area contributed by atoms with Crippen LogP contribution in [0.4, 0.5) is 17.6 Å². The number of benzene rings is 2. The van der Waals surface area contributed by atoms with E-state index in [9.17, 15) is 32.3 Å². The van der Waals surface area contributed by atoms with Gasteiger partial charge in [-0.3, -0.25) is 29.0 Å². The number of hydrogen-bond acceptors (Lipinski definition) is 5. The third-order valence-corrected chi connectivity index (χ3v) is 6.49. The lowest BCUT2D eigenvalue weighted by atomic mass is 9.98. The normalized spacial score (nSPS) is 17.2. The number of hydrogen-bond donors (Lipinski definition) is 1. The largest absolute Gasteiger partial charge is 0.272 e. The van der Waals surface area contributed by atoms with Crippen LogP contribution >= 0.6 is 12.6 Å². The second-order valence-corrected chi connectivity index (χ2v) is 8.59. The lowest BCUT2D eigenvalue weighted by molar-refractivity contribution is 0.0579. The first kappa shape index (κ1) is 23.0. The van der Waals surface area contributed by atoms with Crippen LogP contribution in [0.15, 0.2) is 18.2 Å². The Balaban J connectivity index is 1.76. The predicted molar refractivity (Wildman–Crippen MR) is 110 cm³/mol. The van der Waals surface area contributed by atoms with E-state index in [-0.39, 0.29) is 5.56 Å². The summed E-state index contributed by atoms with van der Waals surface area (Å²) in [5, 5.41) is -1.36. The summed E-state index contributed by atoms with van der Waals surface area (Å²) >= 11 is 4.24. The fourth-order valence-corrected chi connectivity index (χ4v) is 4.45. The number of thiol groups is 1. The molecule has 0 saturated heterocycles. The Morgan fingerprint density at radius 2 is 1.30 bits per heavy atom. The molecule has 0 fully saturated rings. The molecule has 2 aromatic carbocycles. The number of rotatable bonds is 4. The Bertz CT molecular complexity index is 1280. The standard InChI is InChI=1S/C22H16F4N2O4S/c1-7(2)27-21(31)14-12(24)6-10(16(25)15(14)22(27)32)18(33)8(3)28-19(29)9-4-5-11(23)17(26)13(9)20(28)30/h4-8,18,33H,1-3H3. The molecule has 33 heavy (non-hydrogen) atoms. The Labute approximate surface area is 190 Å². The molecule has 0 bridgehead atoms. The van der Waals surface area contributed by atoms with Crippen LogP contribution in [0.25, 0.3) is 0 Å². The van der Waals surface area contributed by atoms with E-state index in [1.807, 2.05) is 0 Å². The summed E-state index contributed by atoms with van der Waals surface area (Å²) in [5.41, 5.74) is -3.08. The van der Waals surface area contributed by atoms with Crippen molar-refractivity contribution in [2.24, 2.45) is 0 Å². The quantitative estimate of drug-likeness (QED) is 0.409. The van der Waals surface area contributed by atoms with Crippen LogP contribution in [0.2, 0.25) is 0 Å². The molecule has 0 aliphatic carbocycles. The lowest BCUT2D eigenvalue weighted by Crippen LogP contribution is -2.40. The fraction of sp³-hybridized carbons (Fsp3) is 0.273. The summed E-state index contributed by atoms with van der Waals surface area (Å²) in [6, 6.07) is 0.414. The molecule has 2 atom stereocenters. The van der Waals surface area contributed by atoms with Crippen molar-refractivity contribution in [3.63, 3.8) is 0 Å². The first-order valence-corrected chi connectivity index (χ1v) is 10.3.